The van der Waals surface area contributed by atoms with Gasteiger partial charge in [-0.05, 0) is 30.0 Å². The zero-order valence-corrected chi connectivity index (χ0v) is 12.5. The van der Waals surface area contributed by atoms with Crippen LogP contribution in [-0.4, -0.2) is 19.0 Å². The van der Waals surface area contributed by atoms with Crippen LogP contribution in [0, 0.1) is 5.92 Å². The first-order valence-corrected chi connectivity index (χ1v) is 7.96. The van der Waals surface area contributed by atoms with E-state index in [0.29, 0.717) is 17.5 Å². The summed E-state index contributed by atoms with van der Waals surface area (Å²) in [5, 5.41) is 0.716. The first-order valence-electron chi connectivity index (χ1n) is 7.58. The number of hydrogen-bond donors (Lipinski definition) is 0. The van der Waals surface area contributed by atoms with E-state index in [1.165, 1.54) is 32.1 Å². The van der Waals surface area contributed by atoms with Crippen molar-refractivity contribution in [2.75, 3.05) is 13.2 Å². The zero-order valence-electron chi connectivity index (χ0n) is 11.7. The molecule has 1 unspecified atom stereocenters. The Hall–Kier alpha value is -0.860. The molecule has 1 heterocycles. The monoisotopic (exact) mass is 292 g/mol. The van der Waals surface area contributed by atoms with E-state index in [-0.39, 0.29) is 12.4 Å². The lowest BCUT2D eigenvalue weighted by Crippen LogP contribution is -2.37. The molecule has 2 nitrogen and oxygen atoms in total. The number of hydrogen-bond acceptors (Lipinski definition) is 2. The summed E-state index contributed by atoms with van der Waals surface area (Å²) in [6, 6.07) is 7.76. The van der Waals surface area contributed by atoms with Gasteiger partial charge in [0.25, 0.3) is 0 Å². The topological polar surface area (TPSA) is 26.3 Å². The highest BCUT2D eigenvalue weighted by Gasteiger charge is 2.45. The Kier molecular flexibility index (Phi) is 4.13. The Balaban J connectivity index is 1.88. The van der Waals surface area contributed by atoms with E-state index in [1.54, 1.807) is 0 Å². The number of carbonyl (C=O) groups is 1. The third-order valence-electron chi connectivity index (χ3n) is 4.87. The molecule has 3 heteroatoms. The summed E-state index contributed by atoms with van der Waals surface area (Å²) in [5.74, 6) is 0.899. The minimum absolute atomic E-state index is 0.241. The predicted molar refractivity (Wildman–Crippen MR) is 80.1 cm³/mol. The summed E-state index contributed by atoms with van der Waals surface area (Å²) in [6.07, 6.45) is 7.39. The van der Waals surface area contributed by atoms with Gasteiger partial charge in [0.1, 0.15) is 6.61 Å². The number of halogens is 1. The fourth-order valence-electron chi connectivity index (χ4n) is 3.72. The van der Waals surface area contributed by atoms with E-state index in [4.69, 9.17) is 16.3 Å². The number of carbonyl (C=O) groups excluding carboxylic acids is 1. The number of Topliss-reactive ketones (excluding diaryl/α,β-unsaturated/α-hetero) is 1. The maximum absolute atomic E-state index is 12.5. The molecule has 1 aromatic carbocycles. The molecule has 1 aromatic rings. The molecule has 0 amide bonds. The SMILES string of the molecule is O=C1COCC1(CC1CCCCC1)c1ccc(Cl)cc1. The minimum Gasteiger partial charge on any atom is -0.372 e. The standard InChI is InChI=1S/C17H21ClO2/c18-15-8-6-14(7-9-15)17(12-20-11-16(17)19)10-13-4-2-1-3-5-13/h6-9,13H,1-5,10-12H2. The summed E-state index contributed by atoms with van der Waals surface area (Å²) in [4.78, 5) is 12.5. The molecular weight excluding hydrogens is 272 g/mol. The van der Waals surface area contributed by atoms with E-state index in [9.17, 15) is 4.79 Å². The fraction of sp³-hybridized carbons (Fsp3) is 0.588. The van der Waals surface area contributed by atoms with Crippen LogP contribution in [0.15, 0.2) is 24.3 Å². The molecule has 1 saturated carbocycles. The molecule has 3 rings (SSSR count). The molecular formula is C17H21ClO2. The quantitative estimate of drug-likeness (QED) is 0.836. The molecule has 0 N–H and O–H groups in total. The Labute approximate surface area is 125 Å². The molecule has 2 aliphatic rings. The number of ether oxygens (including phenoxy) is 1. The lowest BCUT2D eigenvalue weighted by molar-refractivity contribution is -0.122. The summed E-state index contributed by atoms with van der Waals surface area (Å²) in [6.45, 7) is 0.791. The largest absolute Gasteiger partial charge is 0.372 e. The van der Waals surface area contributed by atoms with Crippen molar-refractivity contribution in [2.45, 2.75) is 43.9 Å². The second-order valence-electron chi connectivity index (χ2n) is 6.21. The number of benzene rings is 1. The lowest BCUT2D eigenvalue weighted by Gasteiger charge is -2.32. The van der Waals surface area contributed by atoms with Crippen LogP contribution < -0.4 is 0 Å². The van der Waals surface area contributed by atoms with E-state index in [2.05, 4.69) is 0 Å². The van der Waals surface area contributed by atoms with Gasteiger partial charge in [0.05, 0.1) is 12.0 Å². The van der Waals surface area contributed by atoms with Crippen LogP contribution in [0.3, 0.4) is 0 Å². The van der Waals surface area contributed by atoms with E-state index < -0.39 is 5.41 Å². The molecule has 108 valence electrons. The van der Waals surface area contributed by atoms with Crippen LogP contribution in [0.1, 0.15) is 44.1 Å². The van der Waals surface area contributed by atoms with Crippen molar-refractivity contribution in [2.24, 2.45) is 5.92 Å². The average molecular weight is 293 g/mol. The van der Waals surface area contributed by atoms with Gasteiger partial charge >= 0.3 is 0 Å². The molecule has 0 bridgehead atoms. The van der Waals surface area contributed by atoms with Gasteiger partial charge in [-0.3, -0.25) is 4.79 Å². The van der Waals surface area contributed by atoms with Crippen molar-refractivity contribution < 1.29 is 9.53 Å². The van der Waals surface area contributed by atoms with Crippen LogP contribution >= 0.6 is 11.6 Å². The van der Waals surface area contributed by atoms with E-state index in [1.807, 2.05) is 24.3 Å². The summed E-state index contributed by atoms with van der Waals surface area (Å²) in [7, 11) is 0. The first kappa shape index (κ1) is 14.1. The number of rotatable bonds is 3. The Morgan fingerprint density at radius 2 is 1.85 bits per heavy atom. The van der Waals surface area contributed by atoms with Crippen molar-refractivity contribution in [1.82, 2.24) is 0 Å². The van der Waals surface area contributed by atoms with Crippen LogP contribution in [0.2, 0.25) is 5.02 Å². The second-order valence-corrected chi connectivity index (χ2v) is 6.65. The minimum atomic E-state index is -0.424. The lowest BCUT2D eigenvalue weighted by atomic mass is 9.69. The predicted octanol–water partition coefficient (Wildman–Crippen LogP) is 4.15. The highest BCUT2D eigenvalue weighted by atomic mass is 35.5. The van der Waals surface area contributed by atoms with Gasteiger partial charge in [0.15, 0.2) is 5.78 Å². The summed E-state index contributed by atoms with van der Waals surface area (Å²) in [5.41, 5.74) is 0.655. The fourth-order valence-corrected chi connectivity index (χ4v) is 3.85. The van der Waals surface area contributed by atoms with Crippen molar-refractivity contribution >= 4 is 17.4 Å². The Bertz CT molecular complexity index is 476. The number of ketones is 1. The summed E-state index contributed by atoms with van der Waals surface area (Å²) < 4.78 is 5.52. The third kappa shape index (κ3) is 2.64. The molecule has 0 spiro atoms. The smallest absolute Gasteiger partial charge is 0.171 e. The normalized spacial score (nSPS) is 27.9. The van der Waals surface area contributed by atoms with Crippen LogP contribution in [-0.2, 0) is 14.9 Å². The summed E-state index contributed by atoms with van der Waals surface area (Å²) >= 11 is 5.98. The highest BCUT2D eigenvalue weighted by Crippen LogP contribution is 2.41. The average Bonchev–Trinajstić information content (AvgIpc) is 2.83. The molecule has 0 aromatic heterocycles. The Morgan fingerprint density at radius 3 is 2.45 bits per heavy atom. The van der Waals surface area contributed by atoms with Gasteiger partial charge in [-0.1, -0.05) is 55.8 Å². The first-order chi connectivity index (χ1) is 9.71. The molecule has 1 atom stereocenters. The van der Waals surface area contributed by atoms with Crippen molar-refractivity contribution in [1.29, 1.82) is 0 Å². The van der Waals surface area contributed by atoms with Crippen molar-refractivity contribution in [3.63, 3.8) is 0 Å². The molecule has 1 aliphatic heterocycles. The van der Waals surface area contributed by atoms with Crippen LogP contribution in [0.5, 0.6) is 0 Å². The third-order valence-corrected chi connectivity index (χ3v) is 5.13. The molecule has 1 saturated heterocycles. The maximum Gasteiger partial charge on any atom is 0.171 e. The zero-order chi connectivity index (χ0) is 14.0. The highest BCUT2D eigenvalue weighted by molar-refractivity contribution is 6.30. The van der Waals surface area contributed by atoms with Gasteiger partial charge in [-0.15, -0.1) is 0 Å². The van der Waals surface area contributed by atoms with Crippen molar-refractivity contribution in [3.8, 4) is 0 Å². The van der Waals surface area contributed by atoms with Gasteiger partial charge in [0.2, 0.25) is 0 Å². The van der Waals surface area contributed by atoms with Gasteiger partial charge in [0, 0.05) is 5.02 Å². The van der Waals surface area contributed by atoms with Crippen molar-refractivity contribution in [3.05, 3.63) is 34.9 Å². The molecule has 0 radical (unpaired) electrons. The molecule has 20 heavy (non-hydrogen) atoms. The van der Waals surface area contributed by atoms with Gasteiger partial charge < -0.3 is 4.74 Å². The second kappa shape index (κ2) is 5.87. The molecule has 1 aliphatic carbocycles. The van der Waals surface area contributed by atoms with E-state index in [0.717, 1.165) is 12.0 Å². The van der Waals surface area contributed by atoms with Gasteiger partial charge in [-0.2, -0.15) is 0 Å². The Morgan fingerprint density at radius 1 is 1.15 bits per heavy atom. The van der Waals surface area contributed by atoms with Gasteiger partial charge in [-0.25, -0.2) is 0 Å². The van der Waals surface area contributed by atoms with E-state index >= 15 is 0 Å². The maximum atomic E-state index is 12.5. The van der Waals surface area contributed by atoms with Crippen LogP contribution in [0.25, 0.3) is 0 Å². The van der Waals surface area contributed by atoms with Crippen LogP contribution in [0.4, 0.5) is 0 Å². The molecule has 2 fully saturated rings.